The van der Waals surface area contributed by atoms with Crippen LogP contribution < -0.4 is 18.9 Å². The number of unbranched alkanes of at least 4 members (excludes halogenated alkanes) is 5. The van der Waals surface area contributed by atoms with E-state index in [1.54, 1.807) is 6.92 Å². The highest BCUT2D eigenvalue weighted by Crippen LogP contribution is 2.39. The normalized spacial score (nSPS) is 12.4. The minimum atomic E-state index is -6.06. The zero-order valence-electron chi connectivity index (χ0n) is 36.7. The standard InChI is InChI=1S/C11H13N2.C10H13F6N2O4S2.2C8H19O4P/c1-12-7-8-13(10-12)9-11-5-3-2-4-6-11;1-3-4-5-18-6-7(23(19,20)9(11,12)13)17(2)8(18)24(21,22)10(14,15)16;2*1-3-5-7-11-13(9,10)12-8-6-4-2/h2-8,10H,9H2,1H3;6H,3-5H2,1-2H3;2*3-8H2,1-2H3,(H,9,10)/q2*+1;;/p-2. The van der Waals surface area contributed by atoms with Gasteiger partial charge < -0.3 is 27.9 Å². The fraction of sp³-hybridized carbons (Fsp3) is 0.676. The third-order valence-corrected chi connectivity index (χ3v) is 13.2. The molecule has 0 radical (unpaired) electrons. The summed E-state index contributed by atoms with van der Waals surface area (Å²) >= 11 is 0. The van der Waals surface area contributed by atoms with E-state index in [0.717, 1.165) is 57.9 Å². The van der Waals surface area contributed by atoms with Gasteiger partial charge in [0.15, 0.2) is 6.20 Å². The fourth-order valence-electron chi connectivity index (χ4n) is 4.60. The van der Waals surface area contributed by atoms with Crippen molar-refractivity contribution in [3.05, 3.63) is 60.8 Å². The Morgan fingerprint density at radius 3 is 1.40 bits per heavy atom. The topological polar surface area (TPSA) is 203 Å². The average molecular weight is 995 g/mol. The Labute approximate surface area is 367 Å². The summed E-state index contributed by atoms with van der Waals surface area (Å²) in [5, 5.41) is -3.17. The van der Waals surface area contributed by atoms with Gasteiger partial charge in [-0.15, -0.1) is 0 Å². The molecule has 3 rings (SSSR count). The SMILES string of the molecule is CCCCOP(=O)([O-])OCCCC.CCCCOP(=O)([O-])OCCCC.CCCC[n+]1cc(S(=O)(=O)C(F)(F)F)n(C)c1S(=O)(=O)C(F)(F)F.C[n+]1ccn(Cc2ccccc2)c1. The first kappa shape index (κ1) is 60.3. The zero-order chi connectivity index (χ0) is 48.5. The maximum atomic E-state index is 12.8. The number of aromatic nitrogens is 4. The van der Waals surface area contributed by atoms with E-state index in [2.05, 4.69) is 59.5 Å². The predicted molar refractivity (Wildman–Crippen MR) is 217 cm³/mol. The van der Waals surface area contributed by atoms with Crippen molar-refractivity contribution in [2.24, 2.45) is 14.1 Å². The second-order valence-electron chi connectivity index (χ2n) is 13.6. The largest absolute Gasteiger partial charge is 0.756 e. The van der Waals surface area contributed by atoms with Gasteiger partial charge in [-0.25, -0.2) is 35.1 Å². The van der Waals surface area contributed by atoms with Crippen molar-refractivity contribution in [1.29, 1.82) is 0 Å². The van der Waals surface area contributed by atoms with Gasteiger partial charge >= 0.3 is 35.8 Å². The first-order valence-electron chi connectivity index (χ1n) is 20.1. The van der Waals surface area contributed by atoms with E-state index < -0.39 is 63.1 Å². The van der Waals surface area contributed by atoms with Gasteiger partial charge in [0.2, 0.25) is 6.33 Å². The fourth-order valence-corrected chi connectivity index (χ4v) is 8.29. The molecule has 0 aliphatic carbocycles. The number of benzene rings is 1. The lowest BCUT2D eigenvalue weighted by atomic mass is 10.2. The minimum Gasteiger partial charge on any atom is -0.756 e. The van der Waals surface area contributed by atoms with E-state index in [9.17, 15) is 62.1 Å². The summed E-state index contributed by atoms with van der Waals surface area (Å²) in [6, 6.07) is 10.5. The third kappa shape index (κ3) is 22.9. The molecular weight excluding hydrogens is 932 g/mol. The molecule has 0 fully saturated rings. The van der Waals surface area contributed by atoms with Gasteiger partial charge in [-0.1, -0.05) is 97.1 Å². The molecule has 63 heavy (non-hydrogen) atoms. The molecule has 26 heteroatoms. The van der Waals surface area contributed by atoms with Gasteiger partial charge in [0.05, 0.1) is 47.1 Å². The summed E-state index contributed by atoms with van der Waals surface area (Å²) in [6.45, 7) is 10.9. The maximum Gasteiger partial charge on any atom is 0.509 e. The molecule has 0 N–H and O–H groups in total. The van der Waals surface area contributed by atoms with Gasteiger partial charge in [0.1, 0.15) is 18.9 Å². The number of halogens is 6. The van der Waals surface area contributed by atoms with Crippen LogP contribution in [-0.2, 0) is 74.1 Å². The van der Waals surface area contributed by atoms with E-state index in [0.29, 0.717) is 18.0 Å². The van der Waals surface area contributed by atoms with Gasteiger partial charge in [-0.3, -0.25) is 9.13 Å². The molecule has 2 heterocycles. The molecule has 16 nitrogen and oxygen atoms in total. The van der Waals surface area contributed by atoms with Crippen LogP contribution in [-0.4, -0.2) is 63.4 Å². The zero-order valence-corrected chi connectivity index (χ0v) is 40.1. The average Bonchev–Trinajstić information content (AvgIpc) is 3.76. The van der Waals surface area contributed by atoms with Crippen LogP contribution in [0.15, 0.2) is 65.4 Å². The molecule has 366 valence electrons. The van der Waals surface area contributed by atoms with Crippen LogP contribution in [0.3, 0.4) is 0 Å². The van der Waals surface area contributed by atoms with Crippen LogP contribution in [0.4, 0.5) is 26.3 Å². The summed E-state index contributed by atoms with van der Waals surface area (Å²) in [5.41, 5.74) is -10.3. The maximum absolute atomic E-state index is 12.8. The van der Waals surface area contributed by atoms with Crippen molar-refractivity contribution in [2.75, 3.05) is 26.4 Å². The van der Waals surface area contributed by atoms with Crippen molar-refractivity contribution in [1.82, 2.24) is 9.13 Å². The molecule has 0 aliphatic heterocycles. The number of phosphoric ester groups is 2. The first-order valence-corrected chi connectivity index (χ1v) is 26.0. The summed E-state index contributed by atoms with van der Waals surface area (Å²) in [5.74, 6) is 0. The van der Waals surface area contributed by atoms with E-state index in [4.69, 9.17) is 0 Å². The van der Waals surface area contributed by atoms with E-state index in [-0.39, 0.29) is 43.6 Å². The lowest BCUT2D eigenvalue weighted by molar-refractivity contribution is -0.735. The van der Waals surface area contributed by atoms with Crippen molar-refractivity contribution in [2.45, 2.75) is 133 Å². The molecule has 0 aliphatic rings. The number of hydrogen-bond donors (Lipinski definition) is 0. The summed E-state index contributed by atoms with van der Waals surface area (Å²) in [7, 11) is -17.5. The highest BCUT2D eigenvalue weighted by atomic mass is 32.2. The lowest BCUT2D eigenvalue weighted by Crippen LogP contribution is -2.42. The Balaban J connectivity index is 0.000000853. The summed E-state index contributed by atoms with van der Waals surface area (Å²) in [6.07, 6.45) is 13.6. The number of aryl methyl sites for hydroxylation is 2. The molecule has 0 bridgehead atoms. The molecule has 1 aromatic carbocycles. The van der Waals surface area contributed by atoms with Crippen LogP contribution in [0, 0.1) is 0 Å². The number of sulfone groups is 2. The van der Waals surface area contributed by atoms with Gasteiger partial charge in [0.25, 0.3) is 20.7 Å². The van der Waals surface area contributed by atoms with Crippen molar-refractivity contribution < 1.29 is 89.3 Å². The smallest absolute Gasteiger partial charge is 0.509 e. The number of rotatable bonds is 23. The predicted octanol–water partition coefficient (Wildman–Crippen LogP) is 7.24. The Morgan fingerprint density at radius 1 is 0.667 bits per heavy atom. The number of hydrogen-bond acceptors (Lipinski definition) is 12. The molecule has 0 saturated heterocycles. The summed E-state index contributed by atoms with van der Waals surface area (Å²) < 4.78 is 167. The number of nitrogens with zero attached hydrogens (tertiary/aromatic N) is 4. The summed E-state index contributed by atoms with van der Waals surface area (Å²) in [4.78, 5) is 21.9. The van der Waals surface area contributed by atoms with Crippen LogP contribution >= 0.6 is 15.6 Å². The van der Waals surface area contributed by atoms with Crippen LogP contribution in [0.2, 0.25) is 0 Å². The van der Waals surface area contributed by atoms with Crippen molar-refractivity contribution in [3.63, 3.8) is 0 Å². The monoisotopic (exact) mass is 994 g/mol. The molecule has 0 unspecified atom stereocenters. The van der Waals surface area contributed by atoms with Gasteiger partial charge in [-0.05, 0) is 37.7 Å². The molecule has 2 aromatic heterocycles. The molecular formula is C37H62F6N4O12P2S2. The molecule has 0 amide bonds. The molecule has 0 spiro atoms. The van der Waals surface area contributed by atoms with Crippen molar-refractivity contribution >= 4 is 35.3 Å². The quantitative estimate of drug-likeness (QED) is 0.0400. The first-order chi connectivity index (χ1) is 29.2. The van der Waals surface area contributed by atoms with E-state index >= 15 is 0 Å². The van der Waals surface area contributed by atoms with E-state index in [1.807, 2.05) is 51.6 Å². The lowest BCUT2D eigenvalue weighted by Gasteiger charge is -2.22. The van der Waals surface area contributed by atoms with Gasteiger partial charge in [0, 0.05) is 0 Å². The van der Waals surface area contributed by atoms with Crippen LogP contribution in [0.1, 0.15) is 104 Å². The molecule has 3 aromatic rings. The molecule has 0 atom stereocenters. The second-order valence-corrected chi connectivity index (χ2v) is 20.2. The third-order valence-electron chi connectivity index (χ3n) is 8.03. The number of alkyl halides is 6. The molecule has 0 saturated carbocycles. The highest BCUT2D eigenvalue weighted by Gasteiger charge is 2.58. The Hall–Kier alpha value is -2.66. The van der Waals surface area contributed by atoms with Gasteiger partial charge in [-0.2, -0.15) is 26.3 Å². The second kappa shape index (κ2) is 29.1. The van der Waals surface area contributed by atoms with Crippen LogP contribution in [0.25, 0.3) is 0 Å². The Kier molecular flexibility index (Phi) is 27.9. The Morgan fingerprint density at radius 2 is 1.06 bits per heavy atom. The number of phosphoric acid groups is 2. The van der Waals surface area contributed by atoms with E-state index in [1.165, 1.54) is 5.56 Å². The van der Waals surface area contributed by atoms with Crippen LogP contribution in [0.5, 0.6) is 0 Å². The number of imidazole rings is 2. The Bertz CT molecular complexity index is 1990. The highest BCUT2D eigenvalue weighted by molar-refractivity contribution is 7.92. The minimum absolute atomic E-state index is 0.124. The van der Waals surface area contributed by atoms with Crippen molar-refractivity contribution in [3.8, 4) is 0 Å².